The number of nitrogens with zero attached hydrogens (tertiary/aromatic N) is 2. The Balaban J connectivity index is 2.16. The number of rotatable bonds is 1. The maximum Gasteiger partial charge on any atom is 0.147 e. The average molecular weight is 245 g/mol. The predicted molar refractivity (Wildman–Crippen MR) is 71.5 cm³/mol. The molecule has 1 saturated heterocycles. The Bertz CT molecular complexity index is 577. The van der Waals surface area contributed by atoms with Crippen LogP contribution in [-0.4, -0.2) is 31.2 Å². The highest BCUT2D eigenvalue weighted by molar-refractivity contribution is 5.92. The Hall–Kier alpha value is -1.68. The largest absolute Gasteiger partial charge is 0.366 e. The van der Waals surface area contributed by atoms with E-state index in [0.717, 1.165) is 42.8 Å². The Morgan fingerprint density at radius 3 is 2.72 bits per heavy atom. The average Bonchev–Trinajstić information content (AvgIpc) is 2.40. The lowest BCUT2D eigenvalue weighted by atomic mass is 10.1. The molecule has 0 saturated carbocycles. The van der Waals surface area contributed by atoms with Crippen LogP contribution in [0.4, 0.5) is 10.1 Å². The summed E-state index contributed by atoms with van der Waals surface area (Å²) < 4.78 is 14.1. The van der Waals surface area contributed by atoms with E-state index in [2.05, 4.69) is 15.2 Å². The molecule has 1 N–H and O–H groups in total. The van der Waals surface area contributed by atoms with Crippen LogP contribution >= 0.6 is 0 Å². The third kappa shape index (κ3) is 1.93. The highest BCUT2D eigenvalue weighted by Crippen LogP contribution is 2.29. The van der Waals surface area contributed by atoms with Crippen molar-refractivity contribution in [3.63, 3.8) is 0 Å². The molecule has 0 bridgehead atoms. The van der Waals surface area contributed by atoms with Gasteiger partial charge in [-0.15, -0.1) is 0 Å². The van der Waals surface area contributed by atoms with Crippen LogP contribution in [0.1, 0.15) is 5.69 Å². The summed E-state index contributed by atoms with van der Waals surface area (Å²) >= 11 is 0. The summed E-state index contributed by atoms with van der Waals surface area (Å²) in [5, 5.41) is 4.19. The molecule has 0 unspecified atom stereocenters. The van der Waals surface area contributed by atoms with Gasteiger partial charge in [0.05, 0.1) is 11.2 Å². The van der Waals surface area contributed by atoms with Crippen LogP contribution in [0.2, 0.25) is 0 Å². The van der Waals surface area contributed by atoms with E-state index in [9.17, 15) is 4.39 Å². The maximum absolute atomic E-state index is 14.1. The third-order valence-electron chi connectivity index (χ3n) is 3.37. The zero-order chi connectivity index (χ0) is 12.5. The van der Waals surface area contributed by atoms with Gasteiger partial charge in [0.25, 0.3) is 0 Å². The molecule has 3 rings (SSSR count). The second-order valence-electron chi connectivity index (χ2n) is 4.65. The first-order valence-electron chi connectivity index (χ1n) is 6.27. The quantitative estimate of drug-likeness (QED) is 0.834. The first-order valence-corrected chi connectivity index (χ1v) is 6.27. The zero-order valence-electron chi connectivity index (χ0n) is 10.4. The summed E-state index contributed by atoms with van der Waals surface area (Å²) in [5.74, 6) is -0.157. The molecular weight excluding hydrogens is 229 g/mol. The van der Waals surface area contributed by atoms with E-state index in [1.807, 2.05) is 19.1 Å². The molecule has 2 heterocycles. The monoisotopic (exact) mass is 245 g/mol. The minimum absolute atomic E-state index is 0.157. The molecule has 4 heteroatoms. The third-order valence-corrected chi connectivity index (χ3v) is 3.37. The topological polar surface area (TPSA) is 28.2 Å². The predicted octanol–water partition coefficient (Wildman–Crippen LogP) is 2.09. The van der Waals surface area contributed by atoms with E-state index in [0.29, 0.717) is 5.69 Å². The molecule has 1 aromatic heterocycles. The van der Waals surface area contributed by atoms with Crippen molar-refractivity contribution in [1.29, 1.82) is 0 Å². The van der Waals surface area contributed by atoms with Gasteiger partial charge in [-0.05, 0) is 31.2 Å². The van der Waals surface area contributed by atoms with Gasteiger partial charge >= 0.3 is 0 Å². The van der Waals surface area contributed by atoms with Crippen molar-refractivity contribution in [1.82, 2.24) is 10.3 Å². The van der Waals surface area contributed by atoms with E-state index in [4.69, 9.17) is 0 Å². The number of benzene rings is 1. The number of aromatic nitrogens is 1. The number of fused-ring (bicyclic) bond motifs is 1. The van der Waals surface area contributed by atoms with Gasteiger partial charge in [0.15, 0.2) is 0 Å². The number of hydrogen-bond donors (Lipinski definition) is 1. The van der Waals surface area contributed by atoms with Crippen molar-refractivity contribution in [2.24, 2.45) is 0 Å². The van der Waals surface area contributed by atoms with E-state index >= 15 is 0 Å². The van der Waals surface area contributed by atoms with Crippen LogP contribution in [0.25, 0.3) is 10.9 Å². The summed E-state index contributed by atoms with van der Waals surface area (Å²) in [7, 11) is 0. The lowest BCUT2D eigenvalue weighted by Crippen LogP contribution is -2.44. The van der Waals surface area contributed by atoms with Crippen molar-refractivity contribution >= 4 is 16.6 Å². The first kappa shape index (κ1) is 11.4. The molecular formula is C14H16FN3. The van der Waals surface area contributed by atoms with Gasteiger partial charge in [0.2, 0.25) is 0 Å². The van der Waals surface area contributed by atoms with Gasteiger partial charge in [0.1, 0.15) is 5.82 Å². The van der Waals surface area contributed by atoms with Crippen molar-refractivity contribution in [3.8, 4) is 0 Å². The number of nitrogens with one attached hydrogen (secondary N) is 1. The maximum atomic E-state index is 14.1. The fraction of sp³-hybridized carbons (Fsp3) is 0.357. The lowest BCUT2D eigenvalue weighted by Gasteiger charge is -2.30. The highest BCUT2D eigenvalue weighted by Gasteiger charge is 2.17. The zero-order valence-corrected chi connectivity index (χ0v) is 10.4. The molecule has 1 aromatic carbocycles. The molecule has 0 aliphatic carbocycles. The molecule has 0 atom stereocenters. The fourth-order valence-electron chi connectivity index (χ4n) is 2.47. The Kier molecular flexibility index (Phi) is 2.88. The standard InChI is InChI=1S/C14H16FN3/c1-10-2-3-11-13(17-10)5-4-12(15)14(11)18-8-6-16-7-9-18/h2-5,16H,6-9H2,1H3. The lowest BCUT2D eigenvalue weighted by molar-refractivity contribution is 0.568. The number of pyridine rings is 1. The Morgan fingerprint density at radius 1 is 1.17 bits per heavy atom. The number of piperazine rings is 1. The van der Waals surface area contributed by atoms with Crippen LogP contribution in [0.15, 0.2) is 24.3 Å². The summed E-state index contributed by atoms with van der Waals surface area (Å²) in [4.78, 5) is 6.57. The van der Waals surface area contributed by atoms with Gasteiger partial charge in [-0.1, -0.05) is 0 Å². The van der Waals surface area contributed by atoms with Gasteiger partial charge < -0.3 is 10.2 Å². The SMILES string of the molecule is Cc1ccc2c(N3CCNCC3)c(F)ccc2n1. The molecule has 3 nitrogen and oxygen atoms in total. The molecule has 1 fully saturated rings. The number of halogens is 1. The van der Waals surface area contributed by atoms with Crippen LogP contribution < -0.4 is 10.2 Å². The second kappa shape index (κ2) is 4.53. The van der Waals surface area contributed by atoms with Crippen molar-refractivity contribution in [2.45, 2.75) is 6.92 Å². The fourth-order valence-corrected chi connectivity index (χ4v) is 2.47. The molecule has 0 amide bonds. The minimum Gasteiger partial charge on any atom is -0.366 e. The van der Waals surface area contributed by atoms with Crippen molar-refractivity contribution in [3.05, 3.63) is 35.8 Å². The smallest absolute Gasteiger partial charge is 0.147 e. The molecule has 94 valence electrons. The second-order valence-corrected chi connectivity index (χ2v) is 4.65. The van der Waals surface area contributed by atoms with Crippen LogP contribution in [0.3, 0.4) is 0 Å². The molecule has 1 aliphatic rings. The Labute approximate surface area is 106 Å². The molecule has 2 aromatic rings. The normalized spacial score (nSPS) is 16.2. The molecule has 1 aliphatic heterocycles. The van der Waals surface area contributed by atoms with Crippen molar-refractivity contribution in [2.75, 3.05) is 31.1 Å². The van der Waals surface area contributed by atoms with E-state index < -0.39 is 0 Å². The first-order chi connectivity index (χ1) is 8.75. The summed E-state index contributed by atoms with van der Waals surface area (Å²) in [6.45, 7) is 5.42. The molecule has 0 spiro atoms. The summed E-state index contributed by atoms with van der Waals surface area (Å²) in [6, 6.07) is 7.18. The Morgan fingerprint density at radius 2 is 1.94 bits per heavy atom. The van der Waals surface area contributed by atoms with Gasteiger partial charge in [-0.25, -0.2) is 4.39 Å². The van der Waals surface area contributed by atoms with Gasteiger partial charge in [-0.2, -0.15) is 0 Å². The van der Waals surface area contributed by atoms with Crippen LogP contribution in [-0.2, 0) is 0 Å². The van der Waals surface area contributed by atoms with Crippen LogP contribution in [0.5, 0.6) is 0 Å². The van der Waals surface area contributed by atoms with Gasteiger partial charge in [0, 0.05) is 37.3 Å². The number of hydrogen-bond acceptors (Lipinski definition) is 3. The van der Waals surface area contributed by atoms with Gasteiger partial charge in [-0.3, -0.25) is 4.98 Å². The number of anilines is 1. The summed E-state index contributed by atoms with van der Waals surface area (Å²) in [6.07, 6.45) is 0. The van der Waals surface area contributed by atoms with Crippen molar-refractivity contribution < 1.29 is 4.39 Å². The van der Waals surface area contributed by atoms with E-state index in [-0.39, 0.29) is 5.82 Å². The van der Waals surface area contributed by atoms with E-state index in [1.54, 1.807) is 6.07 Å². The molecule has 0 radical (unpaired) electrons. The minimum atomic E-state index is -0.157. The van der Waals surface area contributed by atoms with Crippen LogP contribution in [0, 0.1) is 12.7 Å². The van der Waals surface area contributed by atoms with E-state index in [1.165, 1.54) is 6.07 Å². The number of aryl methyl sites for hydroxylation is 1. The highest BCUT2D eigenvalue weighted by atomic mass is 19.1. The summed E-state index contributed by atoms with van der Waals surface area (Å²) in [5.41, 5.74) is 2.52. The molecule has 18 heavy (non-hydrogen) atoms.